The molecule has 1 amide bonds. The molecule has 1 unspecified atom stereocenters. The molecular formula is C17H18ClFN2O. The highest BCUT2D eigenvalue weighted by Gasteiger charge is 2.07. The Bertz CT molecular complexity index is 648. The van der Waals surface area contributed by atoms with E-state index in [1.165, 1.54) is 6.07 Å². The fraction of sp³-hybridized carbons (Fsp3) is 0.235. The lowest BCUT2D eigenvalue weighted by Gasteiger charge is -2.15. The lowest BCUT2D eigenvalue weighted by Crippen LogP contribution is -2.20. The summed E-state index contributed by atoms with van der Waals surface area (Å²) in [5.41, 5.74) is 2.59. The van der Waals surface area contributed by atoms with Crippen LogP contribution in [0.1, 0.15) is 24.0 Å². The van der Waals surface area contributed by atoms with Crippen LogP contribution in [-0.4, -0.2) is 13.0 Å². The summed E-state index contributed by atoms with van der Waals surface area (Å²) < 4.78 is 13.2. The number of anilines is 1. The van der Waals surface area contributed by atoms with E-state index in [0.717, 1.165) is 11.1 Å². The van der Waals surface area contributed by atoms with Gasteiger partial charge in [-0.1, -0.05) is 36.7 Å². The van der Waals surface area contributed by atoms with Gasteiger partial charge in [0.1, 0.15) is 5.82 Å². The molecule has 1 atom stereocenters. The van der Waals surface area contributed by atoms with Gasteiger partial charge in [0.05, 0.1) is 0 Å². The van der Waals surface area contributed by atoms with Gasteiger partial charge in [0.25, 0.3) is 0 Å². The first kappa shape index (κ1) is 16.5. The van der Waals surface area contributed by atoms with Crippen LogP contribution in [0.5, 0.6) is 0 Å². The predicted octanol–water partition coefficient (Wildman–Crippen LogP) is 3.94. The molecule has 0 spiro atoms. The van der Waals surface area contributed by atoms with Gasteiger partial charge in [-0.05, 0) is 41.3 Å². The third kappa shape index (κ3) is 4.55. The van der Waals surface area contributed by atoms with Gasteiger partial charge in [0.15, 0.2) is 0 Å². The molecule has 2 aromatic rings. The van der Waals surface area contributed by atoms with Crippen LogP contribution in [0, 0.1) is 5.82 Å². The van der Waals surface area contributed by atoms with E-state index in [4.69, 9.17) is 11.6 Å². The van der Waals surface area contributed by atoms with Crippen molar-refractivity contribution in [3.8, 4) is 0 Å². The number of benzene rings is 2. The van der Waals surface area contributed by atoms with E-state index >= 15 is 0 Å². The molecule has 0 fully saturated rings. The largest absolute Gasteiger partial charge is 0.328 e. The normalized spacial score (nSPS) is 12.0. The molecule has 116 valence electrons. The standard InChI is InChI=1S/C17H18ClFN2O/c1-12(13-3-2-4-16(19)7-13)9-20-10-14-5-6-15(18)8-17(14)21-11-22/h2-8,11-12,20H,9-10H2,1H3,(H,21,22). The Labute approximate surface area is 134 Å². The molecule has 0 aliphatic heterocycles. The summed E-state index contributed by atoms with van der Waals surface area (Å²) in [6.07, 6.45) is 0.629. The maximum Gasteiger partial charge on any atom is 0.211 e. The lowest BCUT2D eigenvalue weighted by molar-refractivity contribution is -0.105. The van der Waals surface area contributed by atoms with Gasteiger partial charge in [-0.25, -0.2) is 4.39 Å². The first-order chi connectivity index (χ1) is 10.6. The summed E-state index contributed by atoms with van der Waals surface area (Å²) in [6.45, 7) is 3.33. The Morgan fingerprint density at radius 3 is 2.82 bits per heavy atom. The van der Waals surface area contributed by atoms with Crippen molar-refractivity contribution in [2.45, 2.75) is 19.4 Å². The first-order valence-electron chi connectivity index (χ1n) is 7.05. The van der Waals surface area contributed by atoms with Crippen LogP contribution in [0.25, 0.3) is 0 Å². The molecule has 0 aromatic heterocycles. The number of nitrogens with one attached hydrogen (secondary N) is 2. The average molecular weight is 321 g/mol. The molecule has 2 aromatic carbocycles. The molecule has 0 aliphatic carbocycles. The Balaban J connectivity index is 1.94. The quantitative estimate of drug-likeness (QED) is 0.759. The van der Waals surface area contributed by atoms with Gasteiger partial charge in [0.2, 0.25) is 6.41 Å². The van der Waals surface area contributed by atoms with Gasteiger partial charge in [0, 0.05) is 23.8 Å². The molecular weight excluding hydrogens is 303 g/mol. The van der Waals surface area contributed by atoms with Crippen LogP contribution in [0.4, 0.5) is 10.1 Å². The van der Waals surface area contributed by atoms with Crippen molar-refractivity contribution in [2.75, 3.05) is 11.9 Å². The maximum absolute atomic E-state index is 13.2. The van der Waals surface area contributed by atoms with E-state index in [2.05, 4.69) is 10.6 Å². The first-order valence-corrected chi connectivity index (χ1v) is 7.42. The zero-order valence-electron chi connectivity index (χ0n) is 12.3. The van der Waals surface area contributed by atoms with Crippen molar-refractivity contribution in [1.82, 2.24) is 5.32 Å². The van der Waals surface area contributed by atoms with Crippen LogP contribution >= 0.6 is 11.6 Å². The number of carbonyl (C=O) groups excluding carboxylic acids is 1. The third-order valence-electron chi connectivity index (χ3n) is 3.47. The number of hydrogen-bond donors (Lipinski definition) is 2. The van der Waals surface area contributed by atoms with E-state index in [9.17, 15) is 9.18 Å². The van der Waals surface area contributed by atoms with Gasteiger partial charge >= 0.3 is 0 Å². The average Bonchev–Trinajstić information content (AvgIpc) is 2.49. The highest BCUT2D eigenvalue weighted by atomic mass is 35.5. The molecule has 5 heteroatoms. The smallest absolute Gasteiger partial charge is 0.211 e. The molecule has 0 saturated carbocycles. The van der Waals surface area contributed by atoms with Gasteiger partial charge in [-0.15, -0.1) is 0 Å². The molecule has 3 nitrogen and oxygen atoms in total. The predicted molar refractivity (Wildman–Crippen MR) is 87.7 cm³/mol. The van der Waals surface area contributed by atoms with Crippen molar-refractivity contribution in [2.24, 2.45) is 0 Å². The molecule has 0 saturated heterocycles. The molecule has 0 heterocycles. The topological polar surface area (TPSA) is 41.1 Å². The minimum Gasteiger partial charge on any atom is -0.328 e. The number of carbonyl (C=O) groups is 1. The maximum atomic E-state index is 13.2. The van der Waals surface area contributed by atoms with Crippen molar-refractivity contribution < 1.29 is 9.18 Å². The van der Waals surface area contributed by atoms with Crippen molar-refractivity contribution in [3.63, 3.8) is 0 Å². The summed E-state index contributed by atoms with van der Waals surface area (Å²) in [4.78, 5) is 10.6. The van der Waals surface area contributed by atoms with Crippen molar-refractivity contribution >= 4 is 23.7 Å². The van der Waals surface area contributed by atoms with E-state index in [0.29, 0.717) is 30.2 Å². The fourth-order valence-corrected chi connectivity index (χ4v) is 2.43. The minimum absolute atomic E-state index is 0.186. The highest BCUT2D eigenvalue weighted by molar-refractivity contribution is 6.30. The summed E-state index contributed by atoms with van der Waals surface area (Å²) in [5, 5.41) is 6.53. The van der Waals surface area contributed by atoms with E-state index < -0.39 is 0 Å². The molecule has 2 N–H and O–H groups in total. The van der Waals surface area contributed by atoms with Crippen LogP contribution in [-0.2, 0) is 11.3 Å². The van der Waals surface area contributed by atoms with E-state index in [1.54, 1.807) is 24.3 Å². The summed E-state index contributed by atoms with van der Waals surface area (Å²) in [6, 6.07) is 12.0. The Morgan fingerprint density at radius 2 is 2.09 bits per heavy atom. The van der Waals surface area contributed by atoms with Crippen LogP contribution in [0.2, 0.25) is 5.02 Å². The Hall–Kier alpha value is -1.91. The van der Waals surface area contributed by atoms with E-state index in [1.807, 2.05) is 19.1 Å². The summed E-state index contributed by atoms with van der Waals surface area (Å²) >= 11 is 5.92. The molecule has 0 radical (unpaired) electrons. The molecule has 22 heavy (non-hydrogen) atoms. The summed E-state index contributed by atoms with van der Waals surface area (Å²) in [7, 11) is 0. The lowest BCUT2D eigenvalue weighted by atomic mass is 10.0. The second-order valence-electron chi connectivity index (χ2n) is 5.15. The number of hydrogen-bond acceptors (Lipinski definition) is 2. The molecule has 0 bridgehead atoms. The van der Waals surface area contributed by atoms with Crippen LogP contribution < -0.4 is 10.6 Å². The third-order valence-corrected chi connectivity index (χ3v) is 3.71. The van der Waals surface area contributed by atoms with E-state index in [-0.39, 0.29) is 11.7 Å². The van der Waals surface area contributed by atoms with Crippen molar-refractivity contribution in [1.29, 1.82) is 0 Å². The Morgan fingerprint density at radius 1 is 1.27 bits per heavy atom. The zero-order valence-corrected chi connectivity index (χ0v) is 13.0. The molecule has 2 rings (SSSR count). The minimum atomic E-state index is -0.223. The van der Waals surface area contributed by atoms with Gasteiger partial charge in [-0.3, -0.25) is 4.79 Å². The van der Waals surface area contributed by atoms with Gasteiger partial charge < -0.3 is 10.6 Å². The second-order valence-corrected chi connectivity index (χ2v) is 5.59. The van der Waals surface area contributed by atoms with Gasteiger partial charge in [-0.2, -0.15) is 0 Å². The zero-order chi connectivity index (χ0) is 15.9. The van der Waals surface area contributed by atoms with Crippen LogP contribution in [0.3, 0.4) is 0 Å². The van der Waals surface area contributed by atoms with Crippen molar-refractivity contribution in [3.05, 3.63) is 64.4 Å². The SMILES string of the molecule is CC(CNCc1ccc(Cl)cc1NC=O)c1cccc(F)c1. The second kappa shape index (κ2) is 7.92. The highest BCUT2D eigenvalue weighted by Crippen LogP contribution is 2.21. The number of halogens is 2. The fourth-order valence-electron chi connectivity index (χ4n) is 2.25. The monoisotopic (exact) mass is 320 g/mol. The Kier molecular flexibility index (Phi) is 5.92. The van der Waals surface area contributed by atoms with Crippen LogP contribution in [0.15, 0.2) is 42.5 Å². The molecule has 0 aliphatic rings. The number of rotatable bonds is 7. The summed E-state index contributed by atoms with van der Waals surface area (Å²) in [5.74, 6) is -0.0370. The number of amides is 1.